The average Bonchev–Trinajstić information content (AvgIpc) is 3.01. The number of rotatable bonds is 6. The van der Waals surface area contributed by atoms with Gasteiger partial charge in [0, 0.05) is 30.1 Å². The minimum Gasteiger partial charge on any atom is -0.351 e. The molecule has 0 saturated heterocycles. The van der Waals surface area contributed by atoms with Gasteiger partial charge in [-0.15, -0.1) is 0 Å². The lowest BCUT2D eigenvalue weighted by atomic mass is 10.2. The summed E-state index contributed by atoms with van der Waals surface area (Å²) in [5.41, 5.74) is 1.09. The SMILES string of the molecule is Cc1cc(NC(=O)CCNC(=O)c2ccc(F)cc2F)n(-c2cccc(Cl)c2)n1. The van der Waals surface area contributed by atoms with E-state index in [1.807, 2.05) is 0 Å². The van der Waals surface area contributed by atoms with Crippen molar-refractivity contribution >= 4 is 29.2 Å². The molecule has 2 amide bonds. The lowest BCUT2D eigenvalue weighted by Gasteiger charge is -2.10. The Labute approximate surface area is 170 Å². The number of carbonyl (C=O) groups is 2. The van der Waals surface area contributed by atoms with Crippen molar-refractivity contribution in [3.05, 3.63) is 76.4 Å². The van der Waals surface area contributed by atoms with Crippen LogP contribution in [0.15, 0.2) is 48.5 Å². The Morgan fingerprint density at radius 3 is 2.66 bits per heavy atom. The molecule has 2 N–H and O–H groups in total. The highest BCUT2D eigenvalue weighted by Crippen LogP contribution is 2.20. The summed E-state index contributed by atoms with van der Waals surface area (Å²) in [6.45, 7) is 1.76. The van der Waals surface area contributed by atoms with Crippen LogP contribution < -0.4 is 10.6 Å². The minimum absolute atomic E-state index is 0.0221. The molecule has 1 heterocycles. The number of hydrogen-bond donors (Lipinski definition) is 2. The van der Waals surface area contributed by atoms with Crippen molar-refractivity contribution < 1.29 is 18.4 Å². The van der Waals surface area contributed by atoms with Gasteiger partial charge in [0.2, 0.25) is 5.91 Å². The summed E-state index contributed by atoms with van der Waals surface area (Å²) in [4.78, 5) is 24.2. The first-order chi connectivity index (χ1) is 13.8. The van der Waals surface area contributed by atoms with Gasteiger partial charge in [-0.2, -0.15) is 5.10 Å². The number of anilines is 1. The largest absolute Gasteiger partial charge is 0.351 e. The molecule has 0 aliphatic carbocycles. The first-order valence-corrected chi connectivity index (χ1v) is 9.07. The summed E-state index contributed by atoms with van der Waals surface area (Å²) < 4.78 is 28.1. The molecule has 0 saturated carbocycles. The van der Waals surface area contributed by atoms with Gasteiger partial charge in [-0.3, -0.25) is 9.59 Å². The van der Waals surface area contributed by atoms with Crippen molar-refractivity contribution in [2.45, 2.75) is 13.3 Å². The zero-order chi connectivity index (χ0) is 21.0. The average molecular weight is 419 g/mol. The van der Waals surface area contributed by atoms with E-state index >= 15 is 0 Å². The van der Waals surface area contributed by atoms with Crippen LogP contribution in [0.25, 0.3) is 5.69 Å². The fourth-order valence-corrected chi connectivity index (χ4v) is 2.84. The van der Waals surface area contributed by atoms with Gasteiger partial charge in [0.15, 0.2) is 0 Å². The molecule has 0 aliphatic rings. The number of halogens is 3. The third-order valence-electron chi connectivity index (χ3n) is 3.97. The Balaban J connectivity index is 1.60. The maximum Gasteiger partial charge on any atom is 0.254 e. The highest BCUT2D eigenvalue weighted by molar-refractivity contribution is 6.30. The van der Waals surface area contributed by atoms with Crippen LogP contribution in [-0.4, -0.2) is 28.1 Å². The summed E-state index contributed by atoms with van der Waals surface area (Å²) in [5.74, 6) is -2.38. The van der Waals surface area contributed by atoms with Crippen LogP contribution >= 0.6 is 11.6 Å². The van der Waals surface area contributed by atoms with Crippen molar-refractivity contribution in [1.29, 1.82) is 0 Å². The Morgan fingerprint density at radius 2 is 1.93 bits per heavy atom. The second kappa shape index (κ2) is 8.83. The Morgan fingerprint density at radius 1 is 1.14 bits per heavy atom. The van der Waals surface area contributed by atoms with Crippen LogP contribution in [0.4, 0.5) is 14.6 Å². The fraction of sp³-hybridized carbons (Fsp3) is 0.150. The number of hydrogen-bond acceptors (Lipinski definition) is 3. The molecule has 3 aromatic rings. The number of nitrogens with one attached hydrogen (secondary N) is 2. The predicted octanol–water partition coefficient (Wildman–Crippen LogP) is 3.87. The summed E-state index contributed by atoms with van der Waals surface area (Å²) >= 11 is 6.01. The maximum atomic E-state index is 13.6. The van der Waals surface area contributed by atoms with Crippen LogP contribution in [0, 0.1) is 18.6 Å². The molecule has 6 nitrogen and oxygen atoms in total. The van der Waals surface area contributed by atoms with Crippen LogP contribution in [0.2, 0.25) is 5.02 Å². The summed E-state index contributed by atoms with van der Waals surface area (Å²) in [6.07, 6.45) is -0.0473. The van der Waals surface area contributed by atoms with E-state index in [1.165, 1.54) is 0 Å². The lowest BCUT2D eigenvalue weighted by Crippen LogP contribution is -2.28. The van der Waals surface area contributed by atoms with Gasteiger partial charge >= 0.3 is 0 Å². The topological polar surface area (TPSA) is 76.0 Å². The van der Waals surface area contributed by atoms with Crippen molar-refractivity contribution in [2.75, 3.05) is 11.9 Å². The molecule has 0 atom stereocenters. The van der Waals surface area contributed by atoms with Gasteiger partial charge in [0.1, 0.15) is 17.5 Å². The van der Waals surface area contributed by atoms with Crippen LogP contribution in [0.5, 0.6) is 0 Å². The van der Waals surface area contributed by atoms with E-state index in [2.05, 4.69) is 15.7 Å². The smallest absolute Gasteiger partial charge is 0.254 e. The number of carbonyl (C=O) groups excluding carboxylic acids is 2. The maximum absolute atomic E-state index is 13.6. The Bertz CT molecular complexity index is 1070. The van der Waals surface area contributed by atoms with Crippen molar-refractivity contribution in [2.24, 2.45) is 0 Å². The van der Waals surface area contributed by atoms with E-state index in [0.717, 1.165) is 12.1 Å². The molecule has 0 spiro atoms. The quantitative estimate of drug-likeness (QED) is 0.638. The molecule has 150 valence electrons. The van der Waals surface area contributed by atoms with Crippen LogP contribution in [0.1, 0.15) is 22.5 Å². The van der Waals surface area contributed by atoms with Crippen molar-refractivity contribution in [1.82, 2.24) is 15.1 Å². The molecular weight excluding hydrogens is 402 g/mol. The van der Waals surface area contributed by atoms with Crippen molar-refractivity contribution in [3.63, 3.8) is 0 Å². The van der Waals surface area contributed by atoms with E-state index < -0.39 is 17.5 Å². The number of nitrogens with zero attached hydrogens (tertiary/aromatic N) is 2. The van der Waals surface area contributed by atoms with Crippen LogP contribution in [-0.2, 0) is 4.79 Å². The number of benzene rings is 2. The standard InChI is InChI=1S/C20H17ClF2N4O2/c1-12-9-18(27(26-12)15-4-2-3-13(21)10-15)25-19(28)7-8-24-20(29)16-6-5-14(22)11-17(16)23/h2-6,9-11H,7-8H2,1H3,(H,24,29)(H,25,28). The third-order valence-corrected chi connectivity index (χ3v) is 4.20. The van der Waals surface area contributed by atoms with E-state index in [4.69, 9.17) is 11.6 Å². The molecule has 3 rings (SSSR count). The first-order valence-electron chi connectivity index (χ1n) is 8.69. The minimum atomic E-state index is -0.965. The van der Waals surface area contributed by atoms with E-state index in [9.17, 15) is 18.4 Å². The Hall–Kier alpha value is -3.26. The highest BCUT2D eigenvalue weighted by atomic mass is 35.5. The van der Waals surface area contributed by atoms with Gasteiger partial charge in [0.05, 0.1) is 16.9 Å². The summed E-state index contributed by atoms with van der Waals surface area (Å²) in [5, 5.41) is 10.0. The molecule has 29 heavy (non-hydrogen) atoms. The number of amides is 2. The zero-order valence-corrected chi connectivity index (χ0v) is 16.1. The third kappa shape index (κ3) is 5.17. The molecule has 0 fully saturated rings. The van der Waals surface area contributed by atoms with Gasteiger partial charge in [0.25, 0.3) is 5.91 Å². The summed E-state index contributed by atoms with van der Waals surface area (Å²) in [6, 6.07) is 11.4. The second-order valence-electron chi connectivity index (χ2n) is 6.24. The van der Waals surface area contributed by atoms with Crippen molar-refractivity contribution in [3.8, 4) is 5.69 Å². The Kier molecular flexibility index (Phi) is 6.23. The molecule has 2 aromatic carbocycles. The van der Waals surface area contributed by atoms with E-state index in [-0.39, 0.29) is 24.4 Å². The van der Waals surface area contributed by atoms with E-state index in [0.29, 0.717) is 28.3 Å². The van der Waals surface area contributed by atoms with Gasteiger partial charge < -0.3 is 10.6 Å². The monoisotopic (exact) mass is 418 g/mol. The number of aryl methyl sites for hydroxylation is 1. The van der Waals surface area contributed by atoms with Gasteiger partial charge in [-0.1, -0.05) is 17.7 Å². The zero-order valence-electron chi connectivity index (χ0n) is 15.4. The van der Waals surface area contributed by atoms with Gasteiger partial charge in [-0.05, 0) is 37.3 Å². The molecule has 0 unspecified atom stereocenters. The van der Waals surface area contributed by atoms with Crippen LogP contribution in [0.3, 0.4) is 0 Å². The molecule has 1 aromatic heterocycles. The number of aromatic nitrogens is 2. The molecule has 0 aliphatic heterocycles. The van der Waals surface area contributed by atoms with Gasteiger partial charge in [-0.25, -0.2) is 13.5 Å². The molecule has 0 bridgehead atoms. The molecule has 0 radical (unpaired) electrons. The predicted molar refractivity (Wildman–Crippen MR) is 105 cm³/mol. The normalized spacial score (nSPS) is 10.6. The fourth-order valence-electron chi connectivity index (χ4n) is 2.66. The van der Waals surface area contributed by atoms with E-state index in [1.54, 1.807) is 41.9 Å². The summed E-state index contributed by atoms with van der Waals surface area (Å²) in [7, 11) is 0. The lowest BCUT2D eigenvalue weighted by molar-refractivity contribution is -0.116. The second-order valence-corrected chi connectivity index (χ2v) is 6.68. The molecule has 9 heteroatoms. The highest BCUT2D eigenvalue weighted by Gasteiger charge is 2.14. The first kappa shape index (κ1) is 20.5. The molecular formula is C20H17ClF2N4O2.